The van der Waals surface area contributed by atoms with Gasteiger partial charge in [-0.1, -0.05) is 43.1 Å². The third-order valence-corrected chi connectivity index (χ3v) is 11.4. The quantitative estimate of drug-likeness (QED) is 0.117. The van der Waals surface area contributed by atoms with Gasteiger partial charge >= 0.3 is 5.97 Å². The van der Waals surface area contributed by atoms with Gasteiger partial charge in [0.2, 0.25) is 0 Å². The molecule has 1 N–H and O–H groups in total. The van der Waals surface area contributed by atoms with Crippen LogP contribution in [0.2, 0.25) is 25.7 Å². The van der Waals surface area contributed by atoms with Crippen LogP contribution in [0, 0.1) is 6.92 Å². The van der Waals surface area contributed by atoms with Crippen molar-refractivity contribution in [2.24, 2.45) is 4.99 Å². The van der Waals surface area contributed by atoms with Gasteiger partial charge in [0.1, 0.15) is 6.73 Å². The van der Waals surface area contributed by atoms with Gasteiger partial charge < -0.3 is 19.7 Å². The van der Waals surface area contributed by atoms with Crippen molar-refractivity contribution in [2.45, 2.75) is 65.0 Å². The van der Waals surface area contributed by atoms with Gasteiger partial charge in [-0.25, -0.2) is 9.78 Å². The summed E-state index contributed by atoms with van der Waals surface area (Å²) >= 11 is 3.17. The van der Waals surface area contributed by atoms with Crippen LogP contribution in [-0.2, 0) is 29.0 Å². The molecule has 1 aliphatic rings. The SMILES string of the molecule is CNCCCc1sc(N2CCCc3c2nnc(/N=c2\sc4ccccc4n2COCC[Si](C)(C)C)c3C)nc1C(=O)OC. The van der Waals surface area contributed by atoms with Crippen molar-refractivity contribution < 1.29 is 14.3 Å². The molecule has 4 aromatic rings. The average molecular weight is 640 g/mol. The van der Waals surface area contributed by atoms with Crippen LogP contribution < -0.4 is 15.0 Å². The summed E-state index contributed by atoms with van der Waals surface area (Å²) < 4.78 is 14.5. The van der Waals surface area contributed by atoms with Crippen molar-refractivity contribution in [2.75, 3.05) is 38.8 Å². The molecule has 1 aromatic carbocycles. The number of hydrogen-bond donors (Lipinski definition) is 1. The zero-order valence-electron chi connectivity index (χ0n) is 25.9. The lowest BCUT2D eigenvalue weighted by molar-refractivity contribution is 0.0593. The Labute approximate surface area is 261 Å². The van der Waals surface area contributed by atoms with Crippen LogP contribution in [0.3, 0.4) is 0 Å². The zero-order valence-corrected chi connectivity index (χ0v) is 28.5. The summed E-state index contributed by atoms with van der Waals surface area (Å²) in [6, 6.07) is 9.44. The van der Waals surface area contributed by atoms with Crippen molar-refractivity contribution in [3.8, 4) is 0 Å². The van der Waals surface area contributed by atoms with E-state index in [0.717, 1.165) is 93.4 Å². The number of ether oxygens (including phenoxy) is 2. The number of aromatic nitrogens is 4. The summed E-state index contributed by atoms with van der Waals surface area (Å²) in [6.45, 7) is 12.0. The average Bonchev–Trinajstić information content (AvgIpc) is 3.57. The Bertz CT molecular complexity index is 1660. The minimum atomic E-state index is -1.18. The Hall–Kier alpha value is -2.97. The molecule has 0 unspecified atom stereocenters. The number of para-hydroxylation sites is 1. The van der Waals surface area contributed by atoms with Crippen LogP contribution >= 0.6 is 22.7 Å². The van der Waals surface area contributed by atoms with Gasteiger partial charge in [-0.3, -0.25) is 4.57 Å². The number of aryl methyl sites for hydroxylation is 1. The Morgan fingerprint density at radius 2 is 2.00 bits per heavy atom. The molecule has 0 amide bonds. The second-order valence-corrected chi connectivity index (χ2v) is 19.6. The van der Waals surface area contributed by atoms with Crippen LogP contribution in [0.1, 0.15) is 39.3 Å². The van der Waals surface area contributed by atoms with Crippen molar-refractivity contribution in [1.29, 1.82) is 0 Å². The molecular weight excluding hydrogens is 599 g/mol. The van der Waals surface area contributed by atoms with Gasteiger partial charge in [0.15, 0.2) is 27.3 Å². The molecule has 43 heavy (non-hydrogen) atoms. The fraction of sp³-hybridized carbons (Fsp3) is 0.500. The Morgan fingerprint density at radius 1 is 1.19 bits per heavy atom. The first-order valence-electron chi connectivity index (χ1n) is 14.8. The molecule has 0 radical (unpaired) electrons. The molecular formula is C30H41N7O3S2Si. The Morgan fingerprint density at radius 3 is 2.77 bits per heavy atom. The molecule has 4 heterocycles. The van der Waals surface area contributed by atoms with E-state index in [1.807, 2.05) is 19.2 Å². The number of fused-ring (bicyclic) bond motifs is 2. The van der Waals surface area contributed by atoms with Gasteiger partial charge in [0.05, 0.1) is 17.3 Å². The third-order valence-electron chi connectivity index (χ3n) is 7.49. The highest BCUT2D eigenvalue weighted by Gasteiger charge is 2.28. The number of nitrogens with zero attached hydrogens (tertiary/aromatic N) is 6. The monoisotopic (exact) mass is 639 g/mol. The highest BCUT2D eigenvalue weighted by molar-refractivity contribution is 7.16. The van der Waals surface area contributed by atoms with Crippen LogP contribution in [0.15, 0.2) is 29.3 Å². The second kappa shape index (κ2) is 13.8. The maximum atomic E-state index is 12.5. The zero-order chi connectivity index (χ0) is 30.6. The van der Waals surface area contributed by atoms with Crippen LogP contribution in [0.4, 0.5) is 16.8 Å². The molecule has 0 saturated heterocycles. The van der Waals surface area contributed by atoms with Crippen molar-refractivity contribution in [3.63, 3.8) is 0 Å². The van der Waals surface area contributed by atoms with E-state index in [1.165, 1.54) is 18.4 Å². The van der Waals surface area contributed by atoms with Crippen LogP contribution in [0.25, 0.3) is 10.2 Å². The van der Waals surface area contributed by atoms with E-state index in [4.69, 9.17) is 24.5 Å². The summed E-state index contributed by atoms with van der Waals surface area (Å²) in [6.07, 6.45) is 3.48. The number of nitrogens with one attached hydrogen (secondary N) is 1. The molecule has 13 heteroatoms. The van der Waals surface area contributed by atoms with E-state index >= 15 is 0 Å². The van der Waals surface area contributed by atoms with E-state index in [9.17, 15) is 4.79 Å². The molecule has 0 atom stereocenters. The van der Waals surface area contributed by atoms with E-state index in [-0.39, 0.29) is 0 Å². The number of anilines is 2. The number of carbonyl (C=O) groups excluding carboxylic acids is 1. The number of esters is 1. The third kappa shape index (κ3) is 7.23. The highest BCUT2D eigenvalue weighted by atomic mass is 32.1. The molecule has 10 nitrogen and oxygen atoms in total. The van der Waals surface area contributed by atoms with Gasteiger partial charge in [-0.2, -0.15) is 4.99 Å². The Balaban J connectivity index is 1.48. The van der Waals surface area contributed by atoms with E-state index in [2.05, 4.69) is 58.6 Å². The molecule has 0 saturated carbocycles. The number of rotatable bonds is 12. The number of hydrogen-bond acceptors (Lipinski definition) is 11. The molecule has 3 aromatic heterocycles. The summed E-state index contributed by atoms with van der Waals surface area (Å²) in [5.74, 6) is 0.996. The first-order valence-corrected chi connectivity index (χ1v) is 20.1. The van der Waals surface area contributed by atoms with E-state index < -0.39 is 14.0 Å². The summed E-state index contributed by atoms with van der Waals surface area (Å²) in [5.41, 5.74) is 3.62. The minimum Gasteiger partial charge on any atom is -0.464 e. The van der Waals surface area contributed by atoms with Crippen molar-refractivity contribution >= 4 is 63.7 Å². The number of carbonyl (C=O) groups is 1. The molecule has 0 aliphatic carbocycles. The first-order chi connectivity index (χ1) is 20.7. The highest BCUT2D eigenvalue weighted by Crippen LogP contribution is 2.38. The topological polar surface area (TPSA) is 107 Å². The second-order valence-electron chi connectivity index (χ2n) is 11.9. The van der Waals surface area contributed by atoms with E-state index in [1.54, 1.807) is 11.3 Å². The van der Waals surface area contributed by atoms with Crippen molar-refractivity contribution in [3.05, 3.63) is 50.8 Å². The molecule has 230 valence electrons. The number of thiazole rings is 2. The van der Waals surface area contributed by atoms with Gasteiger partial charge in [-0.15, -0.1) is 21.5 Å². The lowest BCUT2D eigenvalue weighted by atomic mass is 10.0. The normalized spacial score (nSPS) is 14.0. The van der Waals surface area contributed by atoms with Crippen molar-refractivity contribution in [1.82, 2.24) is 25.1 Å². The minimum absolute atomic E-state index is 0.392. The van der Waals surface area contributed by atoms with Gasteiger partial charge in [-0.05, 0) is 64.4 Å². The first kappa shape index (κ1) is 31.5. The maximum Gasteiger partial charge on any atom is 0.357 e. The standard InChI is InChI=1S/C30H41N7O3S2Si/c1-20-21-11-10-16-36(29-32-25(28(38)39-3)24(42-29)14-9-15-31-2)27(21)35-34-26(20)33-30-37(19-40-17-18-43(4,5)6)22-12-7-8-13-23(22)41-30/h7-8,12-13,31H,9-11,14-19H2,1-6H3/b33-30-. The lowest BCUT2D eigenvalue weighted by Crippen LogP contribution is -2.27. The molecule has 1 aliphatic heterocycles. The largest absolute Gasteiger partial charge is 0.464 e. The smallest absolute Gasteiger partial charge is 0.357 e. The predicted molar refractivity (Wildman–Crippen MR) is 177 cm³/mol. The fourth-order valence-corrected chi connectivity index (χ4v) is 7.92. The number of benzene rings is 1. The molecule has 5 rings (SSSR count). The summed E-state index contributed by atoms with van der Waals surface area (Å²) in [5, 5.41) is 13.2. The molecule has 0 fully saturated rings. The van der Waals surface area contributed by atoms with Crippen LogP contribution in [-0.4, -0.2) is 67.6 Å². The van der Waals surface area contributed by atoms with Crippen LogP contribution in [0.5, 0.6) is 0 Å². The maximum absolute atomic E-state index is 12.5. The summed E-state index contributed by atoms with van der Waals surface area (Å²) in [7, 11) is 2.14. The molecule has 0 bridgehead atoms. The van der Waals surface area contributed by atoms with E-state index in [0.29, 0.717) is 18.2 Å². The molecule has 0 spiro atoms. The predicted octanol–water partition coefficient (Wildman–Crippen LogP) is 5.83. The fourth-order valence-electron chi connectivity index (χ4n) is 5.02. The van der Waals surface area contributed by atoms with Gasteiger partial charge in [0, 0.05) is 37.2 Å². The summed E-state index contributed by atoms with van der Waals surface area (Å²) in [4.78, 5) is 26.2. The Kier molecular flexibility index (Phi) is 10.1. The van der Waals surface area contributed by atoms with Gasteiger partial charge in [0.25, 0.3) is 0 Å². The number of methoxy groups -OCH3 is 1. The lowest BCUT2D eigenvalue weighted by Gasteiger charge is -2.28.